The summed E-state index contributed by atoms with van der Waals surface area (Å²) in [6, 6.07) is 2.81. The summed E-state index contributed by atoms with van der Waals surface area (Å²) < 4.78 is 44.8. The van der Waals surface area contributed by atoms with Crippen LogP contribution in [0.15, 0.2) is 22.8 Å². The zero-order valence-electron chi connectivity index (χ0n) is 18.9. The number of piperazine rings is 1. The van der Waals surface area contributed by atoms with Gasteiger partial charge in [0.2, 0.25) is 23.6 Å². The van der Waals surface area contributed by atoms with E-state index in [1.807, 2.05) is 0 Å². The first-order valence-electron chi connectivity index (χ1n) is 11.6. The second-order valence-electron chi connectivity index (χ2n) is 8.91. The molecule has 188 valence electrons. The molecule has 1 saturated carbocycles. The third-order valence-electron chi connectivity index (χ3n) is 6.48. The zero-order valence-corrected chi connectivity index (χ0v) is 18.9. The lowest BCUT2D eigenvalue weighted by Crippen LogP contribution is -2.55. The summed E-state index contributed by atoms with van der Waals surface area (Å²) in [6.45, 7) is -0.150. The smallest absolute Gasteiger partial charge is 0.401 e. The molecular formula is C21H26F3N9O2. The van der Waals surface area contributed by atoms with Crippen molar-refractivity contribution in [1.82, 2.24) is 34.4 Å². The minimum atomic E-state index is -4.26. The van der Waals surface area contributed by atoms with Crippen LogP contribution >= 0.6 is 0 Å². The standard InChI is InChI=1S/C21H26F3N9O2/c22-21(23,24)12-31-7-9-32(10-8-31)17(34)15(13-4-1-2-5-13)26-19-28-18(25)33-20(29-19)27-16(30-33)14-6-3-11-35-14/h3,6,11,13,15H,1-2,4-5,7-10,12H2,(H3,25,26,27,28,29,30)/t15-/m0/s1. The molecule has 1 aliphatic carbocycles. The van der Waals surface area contributed by atoms with Crippen molar-refractivity contribution < 1.29 is 22.4 Å². The van der Waals surface area contributed by atoms with Crippen molar-refractivity contribution in [2.45, 2.75) is 37.9 Å². The molecule has 4 heterocycles. The summed E-state index contributed by atoms with van der Waals surface area (Å²) in [7, 11) is 0. The number of nitrogens with two attached hydrogens (primary N) is 1. The number of fused-ring (bicyclic) bond motifs is 1. The number of carbonyl (C=O) groups is 1. The maximum atomic E-state index is 13.5. The number of alkyl halides is 3. The number of furan rings is 1. The molecule has 0 radical (unpaired) electrons. The van der Waals surface area contributed by atoms with Gasteiger partial charge >= 0.3 is 6.18 Å². The minimum absolute atomic E-state index is 0.0428. The molecule has 0 spiro atoms. The number of nitrogens with zero attached hydrogens (tertiary/aromatic N) is 7. The highest BCUT2D eigenvalue weighted by Crippen LogP contribution is 2.30. The van der Waals surface area contributed by atoms with Gasteiger partial charge in [-0.25, -0.2) is 0 Å². The fourth-order valence-corrected chi connectivity index (χ4v) is 4.77. The van der Waals surface area contributed by atoms with Gasteiger partial charge in [-0.2, -0.15) is 32.6 Å². The van der Waals surface area contributed by atoms with E-state index in [1.54, 1.807) is 17.0 Å². The van der Waals surface area contributed by atoms with Crippen LogP contribution in [-0.4, -0.2) is 85.2 Å². The molecule has 35 heavy (non-hydrogen) atoms. The summed E-state index contributed by atoms with van der Waals surface area (Å²) in [4.78, 5) is 29.4. The Morgan fingerprint density at radius 1 is 1.17 bits per heavy atom. The average Bonchev–Trinajstić information content (AvgIpc) is 3.58. The number of nitrogens with one attached hydrogen (secondary N) is 1. The number of nitrogen functional groups attached to an aromatic ring is 1. The third-order valence-corrected chi connectivity index (χ3v) is 6.48. The van der Waals surface area contributed by atoms with Gasteiger partial charge in [0.25, 0.3) is 5.78 Å². The van der Waals surface area contributed by atoms with E-state index < -0.39 is 18.8 Å². The van der Waals surface area contributed by atoms with E-state index in [1.165, 1.54) is 15.7 Å². The van der Waals surface area contributed by atoms with Crippen LogP contribution in [0.25, 0.3) is 17.4 Å². The van der Waals surface area contributed by atoms with E-state index in [0.717, 1.165) is 25.7 Å². The van der Waals surface area contributed by atoms with Gasteiger partial charge in [0.05, 0.1) is 12.8 Å². The van der Waals surface area contributed by atoms with E-state index in [4.69, 9.17) is 10.2 Å². The van der Waals surface area contributed by atoms with E-state index >= 15 is 0 Å². The quantitative estimate of drug-likeness (QED) is 0.530. The van der Waals surface area contributed by atoms with Gasteiger partial charge in [-0.1, -0.05) is 12.8 Å². The highest BCUT2D eigenvalue weighted by molar-refractivity contribution is 5.85. The Morgan fingerprint density at radius 2 is 1.91 bits per heavy atom. The van der Waals surface area contributed by atoms with E-state index in [2.05, 4.69) is 25.4 Å². The van der Waals surface area contributed by atoms with Crippen molar-refractivity contribution in [3.8, 4) is 11.6 Å². The van der Waals surface area contributed by atoms with Crippen molar-refractivity contribution in [2.75, 3.05) is 43.8 Å². The Bertz CT molecular complexity index is 1170. The van der Waals surface area contributed by atoms with Crippen molar-refractivity contribution in [2.24, 2.45) is 5.92 Å². The Hall–Kier alpha value is -3.42. The Balaban J connectivity index is 1.34. The predicted octanol–water partition coefficient (Wildman–Crippen LogP) is 2.04. The van der Waals surface area contributed by atoms with Gasteiger partial charge in [0.1, 0.15) is 6.04 Å². The number of anilines is 2. The molecule has 11 nitrogen and oxygen atoms in total. The lowest BCUT2D eigenvalue weighted by Gasteiger charge is -2.37. The molecule has 3 aromatic rings. The lowest BCUT2D eigenvalue weighted by atomic mass is 9.96. The molecule has 0 unspecified atom stereocenters. The maximum absolute atomic E-state index is 13.5. The first-order chi connectivity index (χ1) is 16.8. The summed E-state index contributed by atoms with van der Waals surface area (Å²) in [5.74, 6) is 1.04. The van der Waals surface area contributed by atoms with Crippen molar-refractivity contribution in [1.29, 1.82) is 0 Å². The largest absolute Gasteiger partial charge is 0.461 e. The van der Waals surface area contributed by atoms with Crippen LogP contribution in [0.2, 0.25) is 0 Å². The minimum Gasteiger partial charge on any atom is -0.461 e. The van der Waals surface area contributed by atoms with Crippen LogP contribution in [0.1, 0.15) is 25.7 Å². The molecule has 1 aliphatic heterocycles. The van der Waals surface area contributed by atoms with Gasteiger partial charge in [0, 0.05) is 26.2 Å². The summed E-state index contributed by atoms with van der Waals surface area (Å²) in [6.07, 6.45) is 0.992. The zero-order chi connectivity index (χ0) is 24.6. The molecule has 1 amide bonds. The molecule has 3 aromatic heterocycles. The van der Waals surface area contributed by atoms with Gasteiger partial charge < -0.3 is 20.4 Å². The number of rotatable bonds is 6. The van der Waals surface area contributed by atoms with Crippen molar-refractivity contribution in [3.63, 3.8) is 0 Å². The van der Waals surface area contributed by atoms with Crippen LogP contribution < -0.4 is 11.1 Å². The second kappa shape index (κ2) is 9.32. The van der Waals surface area contributed by atoms with Gasteiger partial charge in [-0.3, -0.25) is 9.69 Å². The van der Waals surface area contributed by atoms with Crippen LogP contribution in [0, 0.1) is 5.92 Å². The molecule has 5 rings (SSSR count). The number of hydrogen-bond acceptors (Lipinski definition) is 9. The van der Waals surface area contributed by atoms with Gasteiger partial charge in [0.15, 0.2) is 5.76 Å². The average molecular weight is 493 g/mol. The fourth-order valence-electron chi connectivity index (χ4n) is 4.77. The SMILES string of the molecule is Nc1nc(N[C@H](C(=O)N2CCN(CC(F)(F)F)CC2)C2CCCC2)nc2nc(-c3ccco3)nn12. The fraction of sp³-hybridized carbons (Fsp3) is 0.571. The van der Waals surface area contributed by atoms with Gasteiger partial charge in [-0.05, 0) is 30.9 Å². The molecule has 3 N–H and O–H groups in total. The predicted molar refractivity (Wildman–Crippen MR) is 119 cm³/mol. The van der Waals surface area contributed by atoms with E-state index in [0.29, 0.717) is 11.6 Å². The Kier molecular flexibility index (Phi) is 6.21. The van der Waals surface area contributed by atoms with Crippen LogP contribution in [0.4, 0.5) is 25.1 Å². The molecule has 2 fully saturated rings. The molecule has 0 bridgehead atoms. The normalized spacial score (nSPS) is 18.9. The molecule has 1 saturated heterocycles. The first-order valence-corrected chi connectivity index (χ1v) is 11.6. The topological polar surface area (TPSA) is 131 Å². The molecule has 2 aliphatic rings. The summed E-state index contributed by atoms with van der Waals surface area (Å²) in [5.41, 5.74) is 6.08. The highest BCUT2D eigenvalue weighted by atomic mass is 19.4. The Morgan fingerprint density at radius 3 is 2.57 bits per heavy atom. The van der Waals surface area contributed by atoms with Crippen LogP contribution in [-0.2, 0) is 4.79 Å². The van der Waals surface area contributed by atoms with E-state index in [-0.39, 0.29) is 55.7 Å². The highest BCUT2D eigenvalue weighted by Gasteiger charge is 2.37. The number of amides is 1. The summed E-state index contributed by atoms with van der Waals surface area (Å²) >= 11 is 0. The van der Waals surface area contributed by atoms with Crippen molar-refractivity contribution in [3.05, 3.63) is 18.4 Å². The summed E-state index contributed by atoms with van der Waals surface area (Å²) in [5, 5.41) is 7.42. The third kappa shape index (κ3) is 5.16. The molecule has 1 atom stereocenters. The molecular weight excluding hydrogens is 467 g/mol. The van der Waals surface area contributed by atoms with Crippen molar-refractivity contribution >= 4 is 23.6 Å². The van der Waals surface area contributed by atoms with E-state index in [9.17, 15) is 18.0 Å². The van der Waals surface area contributed by atoms with Crippen LogP contribution in [0.3, 0.4) is 0 Å². The lowest BCUT2D eigenvalue weighted by molar-refractivity contribution is -0.152. The van der Waals surface area contributed by atoms with Gasteiger partial charge in [-0.15, -0.1) is 5.10 Å². The second-order valence-corrected chi connectivity index (χ2v) is 8.91. The first kappa shape index (κ1) is 23.3. The molecule has 0 aromatic carbocycles. The van der Waals surface area contributed by atoms with Crippen LogP contribution in [0.5, 0.6) is 0 Å². The number of halogens is 3. The molecule has 14 heteroatoms. The maximum Gasteiger partial charge on any atom is 0.401 e. The number of aromatic nitrogens is 5. The number of carbonyl (C=O) groups excluding carboxylic acids is 1. The monoisotopic (exact) mass is 493 g/mol. The Labute approximate surface area is 198 Å². The number of hydrogen-bond donors (Lipinski definition) is 2.